The van der Waals surface area contributed by atoms with E-state index in [1.54, 1.807) is 0 Å². The topological polar surface area (TPSA) is 58.2 Å². The Hall–Kier alpha value is -1.72. The zero-order valence-electron chi connectivity index (χ0n) is 17.7. The maximum absolute atomic E-state index is 11.9. The van der Waals surface area contributed by atoms with Gasteiger partial charge in [-0.15, -0.1) is 0 Å². The molecule has 0 radical (unpaired) electrons. The smallest absolute Gasteiger partial charge is 0.124 e. The summed E-state index contributed by atoms with van der Waals surface area (Å²) >= 11 is 0. The van der Waals surface area contributed by atoms with E-state index >= 15 is 0 Å². The molecule has 3 aliphatic rings. The normalized spacial score (nSPS) is 25.7. The number of carbonyl (C=O) groups excluding carboxylic acids is 1. The van der Waals surface area contributed by atoms with Gasteiger partial charge in [0.05, 0.1) is 0 Å². The van der Waals surface area contributed by atoms with Crippen LogP contribution in [0.25, 0.3) is 0 Å². The number of rotatable bonds is 10. The minimum absolute atomic E-state index is 0.316. The van der Waals surface area contributed by atoms with Gasteiger partial charge >= 0.3 is 0 Å². The molecule has 2 N–H and O–H groups in total. The first-order chi connectivity index (χ1) is 14.1. The lowest BCUT2D eigenvalue weighted by Gasteiger charge is -2.34. The van der Waals surface area contributed by atoms with E-state index in [1.165, 1.54) is 16.8 Å². The first-order valence-corrected chi connectivity index (χ1v) is 12.4. The van der Waals surface area contributed by atoms with Crippen molar-refractivity contribution in [1.82, 2.24) is 10.6 Å². The minimum atomic E-state index is -0.719. The average molecular weight is 415 g/mol. The standard InChI is InChI=1S/C24H34N2O2S/c1-3-22(10-13-29(28)4-2)26-24-16-21(15-20-8-11-25-17-23(20)24)19-7-5-6-18(14-19)9-12-27/h5-6,8,12,14-16,19,22-23,25-26H,3-4,7,9-11,13,17H2,1-2H3/t19?,22?,23?,29-/m1/s1. The third-order valence-corrected chi connectivity index (χ3v) is 7.36. The summed E-state index contributed by atoms with van der Waals surface area (Å²) in [6.45, 7) is 6.04. The van der Waals surface area contributed by atoms with Gasteiger partial charge in [-0.2, -0.15) is 0 Å². The fraction of sp³-hybridized carbons (Fsp3) is 0.542. The SMILES string of the molecule is CCC(CC[S@](=O)CC)NC1=CC(C2C=C(CC=O)C=CC2)=CC2=CCNCC21. The molecule has 0 aromatic rings. The average Bonchev–Trinajstić information content (AvgIpc) is 2.76. The van der Waals surface area contributed by atoms with E-state index in [0.29, 0.717) is 24.3 Å². The van der Waals surface area contributed by atoms with Crippen molar-refractivity contribution in [2.24, 2.45) is 11.8 Å². The van der Waals surface area contributed by atoms with Crippen molar-refractivity contribution < 1.29 is 9.00 Å². The molecule has 0 fully saturated rings. The second-order valence-corrected chi connectivity index (χ2v) is 9.85. The summed E-state index contributed by atoms with van der Waals surface area (Å²) < 4.78 is 11.9. The van der Waals surface area contributed by atoms with Crippen molar-refractivity contribution in [1.29, 1.82) is 0 Å². The van der Waals surface area contributed by atoms with Crippen LogP contribution in [0.4, 0.5) is 0 Å². The van der Waals surface area contributed by atoms with Crippen molar-refractivity contribution in [2.75, 3.05) is 24.6 Å². The van der Waals surface area contributed by atoms with Crippen molar-refractivity contribution in [3.05, 3.63) is 58.9 Å². The molecular formula is C24H34N2O2S. The second-order valence-electron chi connectivity index (χ2n) is 7.99. The van der Waals surface area contributed by atoms with Crippen LogP contribution in [-0.2, 0) is 15.6 Å². The number of aldehydes is 1. The Bertz CT molecular complexity index is 776. The number of hydrogen-bond acceptors (Lipinski definition) is 4. The quantitative estimate of drug-likeness (QED) is 0.537. The number of allylic oxidation sites excluding steroid dienone is 7. The van der Waals surface area contributed by atoms with Crippen LogP contribution < -0.4 is 10.6 Å². The van der Waals surface area contributed by atoms with Crippen LogP contribution in [-0.4, -0.2) is 41.1 Å². The Balaban J connectivity index is 1.80. The summed E-state index contributed by atoms with van der Waals surface area (Å²) in [7, 11) is -0.719. The van der Waals surface area contributed by atoms with Gasteiger partial charge in [-0.1, -0.05) is 44.2 Å². The first-order valence-electron chi connectivity index (χ1n) is 10.9. The van der Waals surface area contributed by atoms with E-state index in [0.717, 1.165) is 55.7 Å². The van der Waals surface area contributed by atoms with Crippen LogP contribution >= 0.6 is 0 Å². The number of fused-ring (bicyclic) bond motifs is 1. The van der Waals surface area contributed by atoms with Crippen molar-refractivity contribution >= 4 is 17.1 Å². The molecule has 3 rings (SSSR count). The van der Waals surface area contributed by atoms with E-state index in [4.69, 9.17) is 0 Å². The Labute approximate surface area is 177 Å². The lowest BCUT2D eigenvalue weighted by Crippen LogP contribution is -2.39. The van der Waals surface area contributed by atoms with Crippen molar-refractivity contribution in [2.45, 2.75) is 45.6 Å². The molecule has 2 aliphatic carbocycles. The molecular weight excluding hydrogens is 380 g/mol. The Morgan fingerprint density at radius 3 is 2.93 bits per heavy atom. The van der Waals surface area contributed by atoms with Crippen LogP contribution in [0.1, 0.15) is 39.5 Å². The highest BCUT2D eigenvalue weighted by Crippen LogP contribution is 2.35. The number of hydrogen-bond donors (Lipinski definition) is 2. The van der Waals surface area contributed by atoms with Crippen LogP contribution in [0.5, 0.6) is 0 Å². The van der Waals surface area contributed by atoms with Gasteiger partial charge in [-0.3, -0.25) is 4.21 Å². The molecule has 4 nitrogen and oxygen atoms in total. The predicted molar refractivity (Wildman–Crippen MR) is 122 cm³/mol. The maximum atomic E-state index is 11.9. The molecule has 0 saturated carbocycles. The molecule has 1 aliphatic heterocycles. The van der Waals surface area contributed by atoms with Crippen LogP contribution in [0, 0.1) is 11.8 Å². The zero-order chi connectivity index (χ0) is 20.6. The molecule has 0 spiro atoms. The highest BCUT2D eigenvalue weighted by molar-refractivity contribution is 7.84. The zero-order valence-corrected chi connectivity index (χ0v) is 18.5. The lowest BCUT2D eigenvalue weighted by molar-refractivity contribution is -0.107. The lowest BCUT2D eigenvalue weighted by atomic mass is 9.79. The summed E-state index contributed by atoms with van der Waals surface area (Å²) in [5, 5.41) is 7.29. The molecule has 0 aromatic carbocycles. The fourth-order valence-corrected chi connectivity index (χ4v) is 5.08. The van der Waals surface area contributed by atoms with Gasteiger partial charge in [-0.25, -0.2) is 0 Å². The minimum Gasteiger partial charge on any atom is -0.385 e. The fourth-order valence-electron chi connectivity index (χ4n) is 4.24. The molecule has 0 amide bonds. The molecule has 158 valence electrons. The van der Waals surface area contributed by atoms with Gasteiger partial charge in [0.1, 0.15) is 6.29 Å². The van der Waals surface area contributed by atoms with E-state index in [9.17, 15) is 9.00 Å². The van der Waals surface area contributed by atoms with E-state index in [1.807, 2.05) is 6.92 Å². The van der Waals surface area contributed by atoms with Crippen LogP contribution in [0.15, 0.2) is 58.9 Å². The molecule has 5 heteroatoms. The first kappa shape index (κ1) is 22.0. The monoisotopic (exact) mass is 414 g/mol. The van der Waals surface area contributed by atoms with Gasteiger partial charge in [0.15, 0.2) is 0 Å². The third-order valence-electron chi connectivity index (χ3n) is 6.03. The molecule has 4 atom stereocenters. The van der Waals surface area contributed by atoms with Crippen LogP contribution in [0.3, 0.4) is 0 Å². The van der Waals surface area contributed by atoms with Gasteiger partial charge < -0.3 is 15.4 Å². The van der Waals surface area contributed by atoms with E-state index < -0.39 is 10.8 Å². The molecule has 0 saturated heterocycles. The third kappa shape index (κ3) is 5.89. The Morgan fingerprint density at radius 1 is 1.31 bits per heavy atom. The maximum Gasteiger partial charge on any atom is 0.124 e. The molecule has 0 aromatic heterocycles. The van der Waals surface area contributed by atoms with Crippen LogP contribution in [0.2, 0.25) is 0 Å². The summed E-state index contributed by atoms with van der Waals surface area (Å²) in [4.78, 5) is 10.9. The van der Waals surface area contributed by atoms with Crippen molar-refractivity contribution in [3.63, 3.8) is 0 Å². The molecule has 29 heavy (non-hydrogen) atoms. The number of carbonyl (C=O) groups is 1. The summed E-state index contributed by atoms with van der Waals surface area (Å²) in [6, 6.07) is 0.340. The molecule has 3 unspecified atom stereocenters. The highest BCUT2D eigenvalue weighted by Gasteiger charge is 2.28. The van der Waals surface area contributed by atoms with E-state index in [-0.39, 0.29) is 0 Å². The summed E-state index contributed by atoms with van der Waals surface area (Å²) in [5.41, 5.74) is 5.08. The molecule has 0 bridgehead atoms. The predicted octanol–water partition coefficient (Wildman–Crippen LogP) is 3.57. The number of nitrogens with one attached hydrogen (secondary N) is 2. The molecule has 1 heterocycles. The van der Waals surface area contributed by atoms with Gasteiger partial charge in [-0.05, 0) is 42.1 Å². The second kappa shape index (κ2) is 10.9. The largest absolute Gasteiger partial charge is 0.385 e. The van der Waals surface area contributed by atoms with Gasteiger partial charge in [0.25, 0.3) is 0 Å². The van der Waals surface area contributed by atoms with E-state index in [2.05, 4.69) is 54.0 Å². The van der Waals surface area contributed by atoms with Crippen molar-refractivity contribution in [3.8, 4) is 0 Å². The van der Waals surface area contributed by atoms with Gasteiger partial charge in [0.2, 0.25) is 0 Å². The van der Waals surface area contributed by atoms with Gasteiger partial charge in [0, 0.05) is 65.4 Å². The highest BCUT2D eigenvalue weighted by atomic mass is 32.2. The summed E-state index contributed by atoms with van der Waals surface area (Å²) in [5.74, 6) is 2.16. The Kier molecular flexibility index (Phi) is 8.25. The summed E-state index contributed by atoms with van der Waals surface area (Å²) in [6.07, 6.45) is 17.9. The Morgan fingerprint density at radius 2 is 2.17 bits per heavy atom.